The Hall–Kier alpha value is -1.89. The zero-order valence-electron chi connectivity index (χ0n) is 19.5. The average Bonchev–Trinajstić information content (AvgIpc) is 2.72. The predicted octanol–water partition coefficient (Wildman–Crippen LogP) is 5.49. The maximum Gasteiger partial charge on any atom is 0.305 e. The standard InChI is InChI=1S/C18H34O3.C6H10O4/c1-2-3-4-11-14-17(19)15-12-9-7-5-6-8-10-13-16-18(20)21;1-10-6(9)4-2-3-5(7)8/h9,12,17,19H,2-8,10-11,13-16H2,1H3,(H,20,21);2-4H2,1H3,(H,7,8)/b12-9-;. The normalized spacial score (nSPS) is 11.6. The smallest absolute Gasteiger partial charge is 0.305 e. The van der Waals surface area contributed by atoms with Crippen LogP contribution in [0.15, 0.2) is 12.2 Å². The molecule has 0 aromatic rings. The molecule has 31 heavy (non-hydrogen) atoms. The molecular formula is C24H44O7. The number of rotatable bonds is 19. The second-order valence-corrected chi connectivity index (χ2v) is 7.73. The Labute approximate surface area is 187 Å². The number of aliphatic hydroxyl groups is 1. The largest absolute Gasteiger partial charge is 0.481 e. The van der Waals surface area contributed by atoms with E-state index in [0.717, 1.165) is 51.4 Å². The summed E-state index contributed by atoms with van der Waals surface area (Å²) in [5, 5.41) is 26.5. The summed E-state index contributed by atoms with van der Waals surface area (Å²) in [5.41, 5.74) is 0. The molecule has 1 atom stereocenters. The lowest BCUT2D eigenvalue weighted by Gasteiger charge is -2.07. The number of unbranched alkanes of at least 4 members (excludes halogenated alkanes) is 8. The van der Waals surface area contributed by atoms with Gasteiger partial charge < -0.3 is 20.1 Å². The molecule has 7 heteroatoms. The molecular weight excluding hydrogens is 400 g/mol. The number of hydrogen-bond donors (Lipinski definition) is 3. The summed E-state index contributed by atoms with van der Waals surface area (Å²) in [6, 6.07) is 0. The molecule has 0 fully saturated rings. The van der Waals surface area contributed by atoms with Crippen molar-refractivity contribution in [2.45, 2.75) is 116 Å². The fraction of sp³-hybridized carbons (Fsp3) is 0.792. The SMILES string of the molecule is CCCCCCC(O)C/C=C\CCCCCCCC(=O)O.COC(=O)CCCC(=O)O. The fourth-order valence-corrected chi connectivity index (χ4v) is 2.85. The zero-order valence-corrected chi connectivity index (χ0v) is 19.5. The van der Waals surface area contributed by atoms with Crippen molar-refractivity contribution < 1.29 is 34.4 Å². The van der Waals surface area contributed by atoms with E-state index in [0.29, 0.717) is 12.8 Å². The van der Waals surface area contributed by atoms with Crippen molar-refractivity contribution in [3.8, 4) is 0 Å². The molecule has 7 nitrogen and oxygen atoms in total. The van der Waals surface area contributed by atoms with E-state index < -0.39 is 11.9 Å². The summed E-state index contributed by atoms with van der Waals surface area (Å²) in [4.78, 5) is 30.6. The topological polar surface area (TPSA) is 121 Å². The van der Waals surface area contributed by atoms with Crippen LogP contribution in [0, 0.1) is 0 Å². The molecule has 0 aliphatic heterocycles. The first-order valence-electron chi connectivity index (χ1n) is 11.7. The minimum Gasteiger partial charge on any atom is -0.481 e. The fourth-order valence-electron chi connectivity index (χ4n) is 2.85. The third-order valence-electron chi connectivity index (χ3n) is 4.73. The molecule has 0 saturated heterocycles. The van der Waals surface area contributed by atoms with Crippen LogP contribution in [0.4, 0.5) is 0 Å². The molecule has 0 amide bonds. The van der Waals surface area contributed by atoms with Gasteiger partial charge in [-0.25, -0.2) is 0 Å². The van der Waals surface area contributed by atoms with Crippen molar-refractivity contribution in [3.63, 3.8) is 0 Å². The van der Waals surface area contributed by atoms with Crippen LogP contribution in [0.1, 0.15) is 110 Å². The van der Waals surface area contributed by atoms with Gasteiger partial charge in [-0.15, -0.1) is 0 Å². The number of carbonyl (C=O) groups is 3. The van der Waals surface area contributed by atoms with Gasteiger partial charge in [-0.05, 0) is 38.5 Å². The van der Waals surface area contributed by atoms with Gasteiger partial charge in [0.1, 0.15) is 0 Å². The van der Waals surface area contributed by atoms with Gasteiger partial charge in [0.15, 0.2) is 0 Å². The van der Waals surface area contributed by atoms with Crippen LogP contribution in [-0.4, -0.2) is 46.4 Å². The van der Waals surface area contributed by atoms with Gasteiger partial charge in [0.05, 0.1) is 13.2 Å². The molecule has 182 valence electrons. The van der Waals surface area contributed by atoms with Gasteiger partial charge in [-0.2, -0.15) is 0 Å². The summed E-state index contributed by atoms with van der Waals surface area (Å²) in [6.45, 7) is 2.20. The second-order valence-electron chi connectivity index (χ2n) is 7.73. The Morgan fingerprint density at radius 3 is 1.97 bits per heavy atom. The molecule has 0 bridgehead atoms. The molecule has 0 aromatic carbocycles. The van der Waals surface area contributed by atoms with Gasteiger partial charge in [-0.3, -0.25) is 14.4 Å². The Balaban J connectivity index is 0. The lowest BCUT2D eigenvalue weighted by atomic mass is 10.1. The van der Waals surface area contributed by atoms with Crippen molar-refractivity contribution in [3.05, 3.63) is 12.2 Å². The minimum absolute atomic E-state index is 0.0229. The summed E-state index contributed by atoms with van der Waals surface area (Å²) in [6.07, 6.45) is 17.9. The van der Waals surface area contributed by atoms with E-state index >= 15 is 0 Å². The molecule has 1 unspecified atom stereocenters. The third-order valence-corrected chi connectivity index (χ3v) is 4.73. The molecule has 0 rings (SSSR count). The second kappa shape index (κ2) is 24.4. The Kier molecular flexibility index (Phi) is 24.6. The third kappa shape index (κ3) is 30.4. The van der Waals surface area contributed by atoms with Crippen LogP contribution in [0.5, 0.6) is 0 Å². The summed E-state index contributed by atoms with van der Waals surface area (Å²) in [7, 11) is 1.28. The molecule has 0 aromatic heterocycles. The maximum atomic E-state index is 10.4. The Morgan fingerprint density at radius 2 is 1.35 bits per heavy atom. The quantitative estimate of drug-likeness (QED) is 0.137. The van der Waals surface area contributed by atoms with E-state index in [9.17, 15) is 19.5 Å². The summed E-state index contributed by atoms with van der Waals surface area (Å²) < 4.78 is 4.30. The number of carbonyl (C=O) groups excluding carboxylic acids is 1. The van der Waals surface area contributed by atoms with E-state index in [2.05, 4.69) is 23.8 Å². The van der Waals surface area contributed by atoms with Gasteiger partial charge >= 0.3 is 17.9 Å². The number of ether oxygens (including phenoxy) is 1. The lowest BCUT2D eigenvalue weighted by Crippen LogP contribution is -2.04. The molecule has 0 aliphatic carbocycles. The Morgan fingerprint density at radius 1 is 0.774 bits per heavy atom. The first-order valence-corrected chi connectivity index (χ1v) is 11.7. The van der Waals surface area contributed by atoms with Gasteiger partial charge in [0.25, 0.3) is 0 Å². The van der Waals surface area contributed by atoms with Crippen molar-refractivity contribution in [2.75, 3.05) is 7.11 Å². The number of aliphatic carboxylic acids is 2. The predicted molar refractivity (Wildman–Crippen MR) is 122 cm³/mol. The highest BCUT2D eigenvalue weighted by Gasteiger charge is 2.02. The lowest BCUT2D eigenvalue weighted by molar-refractivity contribution is -0.141. The molecule has 0 heterocycles. The highest BCUT2D eigenvalue weighted by molar-refractivity contribution is 5.71. The molecule has 0 radical (unpaired) electrons. The van der Waals surface area contributed by atoms with Gasteiger partial charge in [0, 0.05) is 19.3 Å². The van der Waals surface area contributed by atoms with Crippen LogP contribution in [0.2, 0.25) is 0 Å². The number of aliphatic hydroxyl groups excluding tert-OH is 1. The molecule has 0 saturated carbocycles. The van der Waals surface area contributed by atoms with Crippen LogP contribution in [-0.2, 0) is 19.1 Å². The van der Waals surface area contributed by atoms with Crippen LogP contribution in [0.3, 0.4) is 0 Å². The van der Waals surface area contributed by atoms with E-state index in [1.165, 1.54) is 32.8 Å². The number of carboxylic acids is 2. The van der Waals surface area contributed by atoms with Crippen molar-refractivity contribution >= 4 is 17.9 Å². The highest BCUT2D eigenvalue weighted by Crippen LogP contribution is 2.10. The van der Waals surface area contributed by atoms with E-state index in [4.69, 9.17) is 10.2 Å². The molecule has 0 aliphatic rings. The van der Waals surface area contributed by atoms with Gasteiger partial charge in [-0.1, -0.05) is 64.0 Å². The van der Waals surface area contributed by atoms with E-state index in [-0.39, 0.29) is 24.9 Å². The average molecular weight is 445 g/mol. The van der Waals surface area contributed by atoms with Crippen LogP contribution in [0.25, 0.3) is 0 Å². The highest BCUT2D eigenvalue weighted by atomic mass is 16.5. The van der Waals surface area contributed by atoms with Crippen LogP contribution >= 0.6 is 0 Å². The number of methoxy groups -OCH3 is 1. The monoisotopic (exact) mass is 444 g/mol. The van der Waals surface area contributed by atoms with E-state index in [1.807, 2.05) is 0 Å². The van der Waals surface area contributed by atoms with Gasteiger partial charge in [0.2, 0.25) is 0 Å². The van der Waals surface area contributed by atoms with Crippen molar-refractivity contribution in [2.24, 2.45) is 0 Å². The van der Waals surface area contributed by atoms with Crippen molar-refractivity contribution in [1.82, 2.24) is 0 Å². The number of hydrogen-bond acceptors (Lipinski definition) is 5. The molecule has 3 N–H and O–H groups in total. The molecule has 0 spiro atoms. The van der Waals surface area contributed by atoms with E-state index in [1.54, 1.807) is 0 Å². The van der Waals surface area contributed by atoms with Crippen LogP contribution < -0.4 is 0 Å². The minimum atomic E-state index is -0.885. The summed E-state index contributed by atoms with van der Waals surface area (Å²) >= 11 is 0. The number of carboxylic acid groups (broad SMARTS) is 2. The summed E-state index contributed by atoms with van der Waals surface area (Å²) in [5.74, 6) is -1.93. The first kappa shape index (κ1) is 31.3. The zero-order chi connectivity index (χ0) is 23.7. The van der Waals surface area contributed by atoms with Crippen molar-refractivity contribution in [1.29, 1.82) is 0 Å². The first-order chi connectivity index (χ1) is 14.8. The number of allylic oxidation sites excluding steroid dienone is 1. The number of esters is 1. The maximum absolute atomic E-state index is 10.4. The Bertz CT molecular complexity index is 475.